The zero-order chi connectivity index (χ0) is 34.7. The van der Waals surface area contributed by atoms with E-state index in [4.69, 9.17) is 4.42 Å². The van der Waals surface area contributed by atoms with Crippen molar-refractivity contribution >= 4 is 38.5 Å². The SMILES string of the molecule is CNC(=O)c1c(-c2ccc(F)cc2)oc2cc(N(CCC(F)(F)F)S(C)(=O)=O)c(-c3cccc(C(=O)NC(CF)(CF)CF)c3)cc12. The van der Waals surface area contributed by atoms with Gasteiger partial charge in [0.25, 0.3) is 11.8 Å². The van der Waals surface area contributed by atoms with Crippen LogP contribution in [0, 0.1) is 5.82 Å². The normalized spacial score (nSPS) is 12.3. The molecule has 0 atom stereocenters. The van der Waals surface area contributed by atoms with Crippen molar-refractivity contribution < 1.29 is 53.2 Å². The molecule has 1 aromatic heterocycles. The number of sulfonamides is 1. The Morgan fingerprint density at radius 3 is 2.09 bits per heavy atom. The Morgan fingerprint density at radius 1 is 0.894 bits per heavy atom. The Balaban J connectivity index is 2.02. The Labute approximate surface area is 264 Å². The first kappa shape index (κ1) is 35.3. The molecule has 0 saturated carbocycles. The maximum absolute atomic E-state index is 13.7. The fourth-order valence-electron chi connectivity index (χ4n) is 4.77. The second-order valence-corrected chi connectivity index (χ2v) is 12.6. The molecule has 3 aromatic carbocycles. The van der Waals surface area contributed by atoms with Gasteiger partial charge in [-0.1, -0.05) is 12.1 Å². The van der Waals surface area contributed by atoms with Gasteiger partial charge >= 0.3 is 6.18 Å². The van der Waals surface area contributed by atoms with Crippen LogP contribution in [0.25, 0.3) is 33.4 Å². The quantitative estimate of drug-likeness (QED) is 0.169. The predicted molar refractivity (Wildman–Crippen MR) is 161 cm³/mol. The standard InChI is InChI=1S/C31H28F7N3O5S/c1-39-29(43)26-23-13-22(19-4-3-5-20(12-19)28(42)40-30(15-32,16-33)17-34)24(41(47(2,44)45)11-10-31(36,37)38)14-25(23)46-27(26)18-6-8-21(35)9-7-18/h3-9,12-14H,10-11,15-17H2,1-2H3,(H,39,43)(H,40,42). The number of carbonyl (C=O) groups excluding carboxylic acids is 2. The lowest BCUT2D eigenvalue weighted by Gasteiger charge is -2.26. The number of nitrogens with one attached hydrogen (secondary N) is 2. The summed E-state index contributed by atoms with van der Waals surface area (Å²) in [5.41, 5.74) is -3.01. The highest BCUT2D eigenvalue weighted by atomic mass is 32.2. The highest BCUT2D eigenvalue weighted by molar-refractivity contribution is 7.92. The molecule has 8 nitrogen and oxygen atoms in total. The molecule has 0 saturated heterocycles. The number of hydrogen-bond acceptors (Lipinski definition) is 5. The monoisotopic (exact) mass is 687 g/mol. The number of fused-ring (bicyclic) bond motifs is 1. The summed E-state index contributed by atoms with van der Waals surface area (Å²) in [5, 5.41) is 4.50. The van der Waals surface area contributed by atoms with Crippen molar-refractivity contribution in [2.24, 2.45) is 0 Å². The van der Waals surface area contributed by atoms with Gasteiger partial charge in [0.05, 0.1) is 23.9 Å². The van der Waals surface area contributed by atoms with Gasteiger partial charge in [-0.2, -0.15) is 13.2 Å². The lowest BCUT2D eigenvalue weighted by atomic mass is 9.96. The summed E-state index contributed by atoms with van der Waals surface area (Å²) in [7, 11) is -3.09. The van der Waals surface area contributed by atoms with Gasteiger partial charge in [-0.3, -0.25) is 13.9 Å². The van der Waals surface area contributed by atoms with Crippen LogP contribution in [0.1, 0.15) is 27.1 Å². The Morgan fingerprint density at radius 2 is 1.53 bits per heavy atom. The third-order valence-electron chi connectivity index (χ3n) is 7.22. The number of amides is 2. The van der Waals surface area contributed by atoms with E-state index >= 15 is 0 Å². The molecule has 252 valence electrons. The first-order valence-corrected chi connectivity index (χ1v) is 15.6. The number of halogens is 7. The molecule has 0 bridgehead atoms. The Bertz CT molecular complexity index is 1880. The summed E-state index contributed by atoms with van der Waals surface area (Å²) in [6.07, 6.45) is -5.61. The molecule has 0 aliphatic carbocycles. The van der Waals surface area contributed by atoms with Crippen molar-refractivity contribution in [3.8, 4) is 22.5 Å². The number of alkyl halides is 6. The van der Waals surface area contributed by atoms with E-state index in [1.54, 1.807) is 0 Å². The maximum atomic E-state index is 13.7. The zero-order valence-electron chi connectivity index (χ0n) is 24.9. The van der Waals surface area contributed by atoms with Gasteiger partial charge < -0.3 is 15.1 Å². The van der Waals surface area contributed by atoms with Gasteiger partial charge in [0.1, 0.15) is 42.7 Å². The maximum Gasteiger partial charge on any atom is 0.390 e. The van der Waals surface area contributed by atoms with Crippen molar-refractivity contribution in [2.45, 2.75) is 18.1 Å². The van der Waals surface area contributed by atoms with Gasteiger partial charge in [-0.05, 0) is 48.0 Å². The van der Waals surface area contributed by atoms with Crippen molar-refractivity contribution in [1.29, 1.82) is 0 Å². The second-order valence-electron chi connectivity index (χ2n) is 10.7. The van der Waals surface area contributed by atoms with E-state index in [9.17, 15) is 48.7 Å². The average molecular weight is 688 g/mol. The summed E-state index contributed by atoms with van der Waals surface area (Å²) < 4.78 is 126. The number of furan rings is 1. The number of rotatable bonds is 12. The van der Waals surface area contributed by atoms with Crippen LogP contribution in [0.15, 0.2) is 65.1 Å². The molecule has 0 fully saturated rings. The van der Waals surface area contributed by atoms with Crippen LogP contribution in [0.5, 0.6) is 0 Å². The number of hydrogen-bond donors (Lipinski definition) is 2. The molecule has 2 N–H and O–H groups in total. The average Bonchev–Trinajstić information content (AvgIpc) is 3.40. The molecular weight excluding hydrogens is 659 g/mol. The first-order chi connectivity index (χ1) is 22.1. The van der Waals surface area contributed by atoms with Crippen LogP contribution in [-0.4, -0.2) is 71.8 Å². The minimum atomic E-state index is -4.76. The molecule has 0 aliphatic rings. The van der Waals surface area contributed by atoms with Crippen LogP contribution in [0.2, 0.25) is 0 Å². The molecule has 0 radical (unpaired) electrons. The topological polar surface area (TPSA) is 109 Å². The number of carbonyl (C=O) groups is 2. The fraction of sp³-hybridized carbons (Fsp3) is 0.290. The van der Waals surface area contributed by atoms with Crippen LogP contribution in [-0.2, 0) is 10.0 Å². The van der Waals surface area contributed by atoms with Gasteiger partial charge in [0, 0.05) is 41.7 Å². The fourth-order valence-corrected chi connectivity index (χ4v) is 5.70. The number of nitrogens with zero attached hydrogens (tertiary/aromatic N) is 1. The molecule has 0 unspecified atom stereocenters. The van der Waals surface area contributed by atoms with E-state index in [1.165, 1.54) is 43.4 Å². The Hall–Kier alpha value is -4.60. The molecular formula is C31H28F7N3O5S. The van der Waals surface area contributed by atoms with E-state index in [-0.39, 0.29) is 50.2 Å². The lowest BCUT2D eigenvalue weighted by Crippen LogP contribution is -2.54. The minimum Gasteiger partial charge on any atom is -0.455 e. The lowest BCUT2D eigenvalue weighted by molar-refractivity contribution is -0.131. The van der Waals surface area contributed by atoms with E-state index < -0.39 is 72.4 Å². The van der Waals surface area contributed by atoms with Crippen molar-refractivity contribution in [3.63, 3.8) is 0 Å². The van der Waals surface area contributed by atoms with E-state index in [0.29, 0.717) is 10.6 Å². The second kappa shape index (κ2) is 13.6. The molecule has 1 heterocycles. The van der Waals surface area contributed by atoms with E-state index in [0.717, 1.165) is 24.3 Å². The third kappa shape index (κ3) is 7.69. The van der Waals surface area contributed by atoms with Gasteiger partial charge in [-0.25, -0.2) is 26.0 Å². The van der Waals surface area contributed by atoms with E-state index in [1.807, 2.05) is 5.32 Å². The third-order valence-corrected chi connectivity index (χ3v) is 8.40. The van der Waals surface area contributed by atoms with Crippen LogP contribution < -0.4 is 14.9 Å². The van der Waals surface area contributed by atoms with E-state index in [2.05, 4.69) is 5.32 Å². The van der Waals surface area contributed by atoms with Crippen molar-refractivity contribution in [2.75, 3.05) is 44.2 Å². The minimum absolute atomic E-state index is 0.0361. The molecule has 4 rings (SSSR count). The van der Waals surface area contributed by atoms with Gasteiger partial charge in [0.15, 0.2) is 0 Å². The van der Waals surface area contributed by atoms with Crippen LogP contribution in [0.4, 0.5) is 36.4 Å². The smallest absolute Gasteiger partial charge is 0.390 e. The number of anilines is 1. The summed E-state index contributed by atoms with van der Waals surface area (Å²) in [6.45, 7) is -5.74. The summed E-state index contributed by atoms with van der Waals surface area (Å²) >= 11 is 0. The summed E-state index contributed by atoms with van der Waals surface area (Å²) in [4.78, 5) is 26.1. The van der Waals surface area contributed by atoms with Crippen LogP contribution >= 0.6 is 0 Å². The largest absolute Gasteiger partial charge is 0.455 e. The molecule has 16 heteroatoms. The van der Waals surface area contributed by atoms with Crippen molar-refractivity contribution in [1.82, 2.24) is 10.6 Å². The van der Waals surface area contributed by atoms with Crippen molar-refractivity contribution in [3.05, 3.63) is 77.6 Å². The van der Waals surface area contributed by atoms with Gasteiger partial charge in [0.2, 0.25) is 10.0 Å². The highest BCUT2D eigenvalue weighted by Crippen LogP contribution is 2.42. The zero-order valence-corrected chi connectivity index (χ0v) is 25.7. The molecule has 47 heavy (non-hydrogen) atoms. The molecule has 0 aliphatic heterocycles. The number of benzene rings is 3. The first-order valence-electron chi connectivity index (χ1n) is 13.8. The highest BCUT2D eigenvalue weighted by Gasteiger charge is 2.34. The van der Waals surface area contributed by atoms with Crippen LogP contribution in [0.3, 0.4) is 0 Å². The molecule has 0 spiro atoms. The predicted octanol–water partition coefficient (Wildman–Crippen LogP) is 6.36. The molecule has 2 amide bonds. The summed E-state index contributed by atoms with van der Waals surface area (Å²) in [5.74, 6) is -2.41. The molecule has 4 aromatic rings. The Kier molecular flexibility index (Phi) is 10.2. The summed E-state index contributed by atoms with van der Waals surface area (Å²) in [6, 6.07) is 12.3. The van der Waals surface area contributed by atoms with Gasteiger partial charge in [-0.15, -0.1) is 0 Å².